The number of hydrogen-bond donors (Lipinski definition) is 2. The highest BCUT2D eigenvalue weighted by molar-refractivity contribution is 6.30. The maximum absolute atomic E-state index is 12.1. The van der Waals surface area contributed by atoms with Gasteiger partial charge in [0.1, 0.15) is 5.02 Å². The van der Waals surface area contributed by atoms with Crippen LogP contribution < -0.4 is 10.9 Å². The van der Waals surface area contributed by atoms with E-state index in [4.69, 9.17) is 11.6 Å². The zero-order valence-corrected chi connectivity index (χ0v) is 15.0. The molecule has 2 aromatic rings. The first-order valence-corrected chi connectivity index (χ1v) is 8.86. The Bertz CT molecular complexity index is 818. The summed E-state index contributed by atoms with van der Waals surface area (Å²) in [6.07, 6.45) is 2.53. The van der Waals surface area contributed by atoms with Crippen LogP contribution in [0.5, 0.6) is 0 Å². The number of aryl methyl sites for hydroxylation is 1. The van der Waals surface area contributed by atoms with E-state index in [0.29, 0.717) is 18.0 Å². The second-order valence-electron chi connectivity index (χ2n) is 6.46. The van der Waals surface area contributed by atoms with Crippen LogP contribution in [-0.2, 0) is 0 Å². The zero-order valence-electron chi connectivity index (χ0n) is 14.2. The van der Waals surface area contributed by atoms with Gasteiger partial charge in [0.25, 0.3) is 11.5 Å². The minimum Gasteiger partial charge on any atom is -0.351 e. The predicted molar refractivity (Wildman–Crippen MR) is 99.4 cm³/mol. The first-order chi connectivity index (χ1) is 12.0. The van der Waals surface area contributed by atoms with Gasteiger partial charge in [-0.2, -0.15) is 0 Å². The molecule has 2 N–H and O–H groups in total. The van der Waals surface area contributed by atoms with Gasteiger partial charge in [0.15, 0.2) is 0 Å². The third-order valence-corrected chi connectivity index (χ3v) is 5.02. The normalized spacial score (nSPS) is 17.6. The van der Waals surface area contributed by atoms with Crippen LogP contribution >= 0.6 is 11.6 Å². The summed E-state index contributed by atoms with van der Waals surface area (Å²) in [6.45, 7) is 5.60. The molecule has 132 valence electrons. The van der Waals surface area contributed by atoms with Gasteiger partial charge in [0.05, 0.1) is 5.56 Å². The Morgan fingerprint density at radius 3 is 2.96 bits per heavy atom. The van der Waals surface area contributed by atoms with Crippen LogP contribution in [0, 0.1) is 6.92 Å². The third kappa shape index (κ3) is 4.30. The second-order valence-corrected chi connectivity index (χ2v) is 6.87. The number of H-pyrrole nitrogens is 1. The molecule has 3 rings (SSSR count). The molecule has 1 amide bonds. The molecule has 1 aliphatic heterocycles. The number of rotatable bonds is 5. The molecule has 1 saturated heterocycles. The largest absolute Gasteiger partial charge is 0.351 e. The number of halogens is 1. The molecule has 5 nitrogen and oxygen atoms in total. The first-order valence-electron chi connectivity index (χ1n) is 8.49. The van der Waals surface area contributed by atoms with Crippen LogP contribution in [0.1, 0.15) is 33.8 Å². The fourth-order valence-corrected chi connectivity index (χ4v) is 3.52. The van der Waals surface area contributed by atoms with Gasteiger partial charge in [-0.15, -0.1) is 0 Å². The molecular formula is C19H22ClN3O2. The van der Waals surface area contributed by atoms with Gasteiger partial charge in [-0.25, -0.2) is 0 Å². The van der Waals surface area contributed by atoms with Gasteiger partial charge >= 0.3 is 0 Å². The monoisotopic (exact) mass is 359 g/mol. The van der Waals surface area contributed by atoms with Gasteiger partial charge < -0.3 is 15.2 Å². The molecule has 1 aliphatic rings. The van der Waals surface area contributed by atoms with Crippen molar-refractivity contribution >= 4 is 17.5 Å². The molecule has 1 fully saturated rings. The predicted octanol–water partition coefficient (Wildman–Crippen LogP) is 2.56. The van der Waals surface area contributed by atoms with Gasteiger partial charge in [-0.1, -0.05) is 35.9 Å². The number of carbonyl (C=O) groups excluding carboxylic acids is 1. The molecule has 1 aromatic heterocycles. The molecular weight excluding hydrogens is 338 g/mol. The number of pyridine rings is 1. The van der Waals surface area contributed by atoms with Crippen molar-refractivity contribution in [3.8, 4) is 0 Å². The maximum atomic E-state index is 12.1. The highest BCUT2D eigenvalue weighted by Gasteiger charge is 2.24. The van der Waals surface area contributed by atoms with E-state index in [9.17, 15) is 9.59 Å². The Morgan fingerprint density at radius 2 is 2.20 bits per heavy atom. The summed E-state index contributed by atoms with van der Waals surface area (Å²) >= 11 is 5.75. The van der Waals surface area contributed by atoms with E-state index in [1.165, 1.54) is 23.4 Å². The molecule has 6 heteroatoms. The zero-order chi connectivity index (χ0) is 17.8. The van der Waals surface area contributed by atoms with E-state index >= 15 is 0 Å². The van der Waals surface area contributed by atoms with E-state index in [1.54, 1.807) is 0 Å². The van der Waals surface area contributed by atoms with E-state index in [0.717, 1.165) is 26.1 Å². The lowest BCUT2D eigenvalue weighted by molar-refractivity contribution is 0.0949. The highest BCUT2D eigenvalue weighted by Crippen LogP contribution is 2.28. The Labute approximate surface area is 152 Å². The van der Waals surface area contributed by atoms with Crippen LogP contribution in [0.3, 0.4) is 0 Å². The number of hydrogen-bond acceptors (Lipinski definition) is 3. The summed E-state index contributed by atoms with van der Waals surface area (Å²) in [5, 5.41) is 2.90. The molecule has 2 heterocycles. The number of amides is 1. The van der Waals surface area contributed by atoms with Gasteiger partial charge in [0, 0.05) is 25.8 Å². The minimum atomic E-state index is -0.391. The van der Waals surface area contributed by atoms with Crippen LogP contribution in [0.2, 0.25) is 5.02 Å². The standard InChI is InChI=1S/C19H22ClN3O2/c1-13-4-2-3-5-16(13)14-6-8-23(12-14)9-7-21-18(24)15-10-17(20)19(25)22-11-15/h2-5,10-11,14H,6-9,12H2,1H3,(H,21,24)(H,22,25)/t14-/m0/s1. The Kier molecular flexibility index (Phi) is 5.56. The van der Waals surface area contributed by atoms with Gasteiger partial charge in [-0.05, 0) is 43.0 Å². The number of nitrogens with zero attached hydrogens (tertiary/aromatic N) is 1. The number of aromatic nitrogens is 1. The van der Waals surface area contributed by atoms with Crippen molar-refractivity contribution in [2.45, 2.75) is 19.3 Å². The number of benzene rings is 1. The summed E-state index contributed by atoms with van der Waals surface area (Å²) in [4.78, 5) is 28.2. The summed E-state index contributed by atoms with van der Waals surface area (Å²) in [7, 11) is 0. The second kappa shape index (κ2) is 7.85. The summed E-state index contributed by atoms with van der Waals surface area (Å²) in [5.41, 5.74) is 2.75. The van der Waals surface area contributed by atoms with Crippen molar-refractivity contribution < 1.29 is 4.79 Å². The smallest absolute Gasteiger partial charge is 0.266 e. The van der Waals surface area contributed by atoms with E-state index in [2.05, 4.69) is 46.4 Å². The molecule has 0 aliphatic carbocycles. The van der Waals surface area contributed by atoms with Crippen LogP contribution in [0.25, 0.3) is 0 Å². The maximum Gasteiger partial charge on any atom is 0.266 e. The lowest BCUT2D eigenvalue weighted by atomic mass is 9.94. The Hall–Kier alpha value is -2.11. The van der Waals surface area contributed by atoms with Crippen molar-refractivity contribution in [3.05, 3.63) is 68.6 Å². The van der Waals surface area contributed by atoms with Crippen molar-refractivity contribution in [2.24, 2.45) is 0 Å². The van der Waals surface area contributed by atoms with Gasteiger partial charge in [0.2, 0.25) is 0 Å². The number of aromatic amines is 1. The third-order valence-electron chi connectivity index (χ3n) is 4.73. The quantitative estimate of drug-likeness (QED) is 0.862. The van der Waals surface area contributed by atoms with Crippen molar-refractivity contribution in [3.63, 3.8) is 0 Å². The number of carbonyl (C=O) groups is 1. The average molecular weight is 360 g/mol. The Morgan fingerprint density at radius 1 is 1.40 bits per heavy atom. The SMILES string of the molecule is Cc1ccccc1[C@H]1CCN(CCNC(=O)c2c[nH]c(=O)c(Cl)c2)C1. The molecule has 0 bridgehead atoms. The molecule has 1 atom stereocenters. The highest BCUT2D eigenvalue weighted by atomic mass is 35.5. The average Bonchev–Trinajstić information content (AvgIpc) is 3.06. The minimum absolute atomic E-state index is 0.0215. The van der Waals surface area contributed by atoms with Gasteiger partial charge in [-0.3, -0.25) is 9.59 Å². The molecule has 0 unspecified atom stereocenters. The number of nitrogens with one attached hydrogen (secondary N) is 2. The topological polar surface area (TPSA) is 65.2 Å². The van der Waals surface area contributed by atoms with Crippen LogP contribution in [-0.4, -0.2) is 42.0 Å². The summed E-state index contributed by atoms with van der Waals surface area (Å²) < 4.78 is 0. The Balaban J connectivity index is 1.48. The van der Waals surface area contributed by atoms with Crippen molar-refractivity contribution in [1.29, 1.82) is 0 Å². The molecule has 0 spiro atoms. The van der Waals surface area contributed by atoms with Crippen molar-refractivity contribution in [2.75, 3.05) is 26.2 Å². The van der Waals surface area contributed by atoms with Crippen LogP contribution in [0.15, 0.2) is 41.3 Å². The molecule has 25 heavy (non-hydrogen) atoms. The van der Waals surface area contributed by atoms with E-state index < -0.39 is 5.56 Å². The molecule has 1 aromatic carbocycles. The lowest BCUT2D eigenvalue weighted by Gasteiger charge is -2.17. The molecule has 0 saturated carbocycles. The first kappa shape index (κ1) is 17.7. The molecule has 0 radical (unpaired) electrons. The van der Waals surface area contributed by atoms with Crippen molar-refractivity contribution in [1.82, 2.24) is 15.2 Å². The number of likely N-dealkylation sites (tertiary alicyclic amines) is 1. The van der Waals surface area contributed by atoms with E-state index in [-0.39, 0.29) is 10.9 Å². The van der Waals surface area contributed by atoms with E-state index in [1.807, 2.05) is 0 Å². The fourth-order valence-electron chi connectivity index (χ4n) is 3.35. The van der Waals surface area contributed by atoms with Crippen LogP contribution in [0.4, 0.5) is 0 Å². The summed E-state index contributed by atoms with van der Waals surface area (Å²) in [6, 6.07) is 9.93. The fraction of sp³-hybridized carbons (Fsp3) is 0.368. The lowest BCUT2D eigenvalue weighted by Crippen LogP contribution is -2.34. The summed E-state index contributed by atoms with van der Waals surface area (Å²) in [5.74, 6) is 0.336.